The molecular formula is C14H17FN2O. The predicted molar refractivity (Wildman–Crippen MR) is 66.6 cm³/mol. The first-order chi connectivity index (χ1) is 8.69. The number of nitriles is 1. The van der Waals surface area contributed by atoms with Gasteiger partial charge in [-0.05, 0) is 38.1 Å². The van der Waals surface area contributed by atoms with Gasteiger partial charge in [0.05, 0.1) is 12.7 Å². The second kappa shape index (κ2) is 5.36. The lowest BCUT2D eigenvalue weighted by Crippen LogP contribution is -2.14. The molecule has 0 heterocycles. The van der Waals surface area contributed by atoms with Crippen LogP contribution >= 0.6 is 0 Å². The number of halogens is 1. The lowest BCUT2D eigenvalue weighted by molar-refractivity contribution is 0.234. The molecule has 18 heavy (non-hydrogen) atoms. The van der Waals surface area contributed by atoms with E-state index in [0.29, 0.717) is 25.3 Å². The Bertz CT molecular complexity index is 463. The summed E-state index contributed by atoms with van der Waals surface area (Å²) in [5.41, 5.74) is 0.852. The molecule has 1 aromatic carbocycles. The van der Waals surface area contributed by atoms with E-state index in [1.807, 2.05) is 7.05 Å². The van der Waals surface area contributed by atoms with E-state index in [9.17, 15) is 4.39 Å². The number of benzene rings is 1. The molecule has 1 N–H and O–H groups in total. The fourth-order valence-electron chi connectivity index (χ4n) is 1.96. The largest absolute Gasteiger partial charge is 0.493 e. The fourth-order valence-corrected chi connectivity index (χ4v) is 1.96. The Morgan fingerprint density at radius 3 is 2.89 bits per heavy atom. The average molecular weight is 248 g/mol. The summed E-state index contributed by atoms with van der Waals surface area (Å²) in [4.78, 5) is 0. The van der Waals surface area contributed by atoms with Gasteiger partial charge in [-0.3, -0.25) is 0 Å². The Morgan fingerprint density at radius 2 is 2.28 bits per heavy atom. The van der Waals surface area contributed by atoms with Gasteiger partial charge in [0.25, 0.3) is 0 Å². The van der Waals surface area contributed by atoms with Gasteiger partial charge in [-0.25, -0.2) is 4.39 Å². The van der Waals surface area contributed by atoms with Crippen LogP contribution in [-0.4, -0.2) is 13.7 Å². The van der Waals surface area contributed by atoms with Gasteiger partial charge >= 0.3 is 0 Å². The molecule has 4 heteroatoms. The Kier molecular flexibility index (Phi) is 3.83. The number of hydrogen-bond donors (Lipinski definition) is 1. The minimum Gasteiger partial charge on any atom is -0.493 e. The standard InChI is InChI=1S/C14H17FN2O/c1-17-9-11-8-12(15)2-3-13(11)18-10-14(4-5-14)6-7-16/h2-3,8,17H,4-6,9-10H2,1H3. The summed E-state index contributed by atoms with van der Waals surface area (Å²) in [6.07, 6.45) is 2.63. The van der Waals surface area contributed by atoms with Crippen molar-refractivity contribution in [3.63, 3.8) is 0 Å². The molecular weight excluding hydrogens is 231 g/mol. The molecule has 0 atom stereocenters. The molecule has 1 aliphatic carbocycles. The first-order valence-electron chi connectivity index (χ1n) is 6.12. The number of hydrogen-bond acceptors (Lipinski definition) is 3. The summed E-state index contributed by atoms with van der Waals surface area (Å²) in [7, 11) is 1.81. The van der Waals surface area contributed by atoms with Gasteiger partial charge in [-0.1, -0.05) is 0 Å². The number of nitrogens with zero attached hydrogens (tertiary/aromatic N) is 1. The molecule has 0 aliphatic heterocycles. The molecule has 1 saturated carbocycles. The van der Waals surface area contributed by atoms with Crippen molar-refractivity contribution < 1.29 is 9.13 Å². The van der Waals surface area contributed by atoms with E-state index in [2.05, 4.69) is 11.4 Å². The van der Waals surface area contributed by atoms with Gasteiger partial charge in [0.1, 0.15) is 11.6 Å². The zero-order valence-electron chi connectivity index (χ0n) is 10.5. The van der Waals surface area contributed by atoms with Crippen molar-refractivity contribution in [2.45, 2.75) is 25.8 Å². The Balaban J connectivity index is 2.03. The van der Waals surface area contributed by atoms with Crippen LogP contribution in [0.4, 0.5) is 4.39 Å². The molecule has 96 valence electrons. The van der Waals surface area contributed by atoms with Gasteiger partial charge in [0.15, 0.2) is 0 Å². The van der Waals surface area contributed by atoms with E-state index < -0.39 is 0 Å². The molecule has 0 unspecified atom stereocenters. The van der Waals surface area contributed by atoms with Gasteiger partial charge < -0.3 is 10.1 Å². The highest BCUT2D eigenvalue weighted by atomic mass is 19.1. The highest BCUT2D eigenvalue weighted by Crippen LogP contribution is 2.48. The lowest BCUT2D eigenvalue weighted by atomic mass is 10.1. The molecule has 0 saturated heterocycles. The van der Waals surface area contributed by atoms with Crippen LogP contribution in [0.1, 0.15) is 24.8 Å². The highest BCUT2D eigenvalue weighted by Gasteiger charge is 2.43. The summed E-state index contributed by atoms with van der Waals surface area (Å²) in [5.74, 6) is 0.445. The van der Waals surface area contributed by atoms with Gasteiger partial charge in [0.2, 0.25) is 0 Å². The van der Waals surface area contributed by atoms with Crippen LogP contribution in [0.3, 0.4) is 0 Å². The first-order valence-corrected chi connectivity index (χ1v) is 6.12. The molecule has 0 amide bonds. The Hall–Kier alpha value is -1.60. The van der Waals surface area contributed by atoms with Crippen molar-refractivity contribution in [3.05, 3.63) is 29.6 Å². The lowest BCUT2D eigenvalue weighted by Gasteiger charge is -2.15. The van der Waals surface area contributed by atoms with Crippen LogP contribution in [0.15, 0.2) is 18.2 Å². The zero-order chi connectivity index (χ0) is 13.0. The van der Waals surface area contributed by atoms with E-state index in [-0.39, 0.29) is 11.2 Å². The molecule has 0 radical (unpaired) electrons. The average Bonchev–Trinajstić information content (AvgIpc) is 3.09. The first kappa shape index (κ1) is 12.8. The van der Waals surface area contributed by atoms with Crippen LogP contribution < -0.4 is 10.1 Å². The normalized spacial score (nSPS) is 16.1. The monoisotopic (exact) mass is 248 g/mol. The predicted octanol–water partition coefficient (Wildman–Crippen LogP) is 2.62. The van der Waals surface area contributed by atoms with Gasteiger partial charge in [-0.15, -0.1) is 0 Å². The van der Waals surface area contributed by atoms with E-state index >= 15 is 0 Å². The molecule has 0 bridgehead atoms. The maximum absolute atomic E-state index is 13.2. The third kappa shape index (κ3) is 2.99. The van der Waals surface area contributed by atoms with Crippen molar-refractivity contribution in [1.29, 1.82) is 5.26 Å². The summed E-state index contributed by atoms with van der Waals surface area (Å²) in [5, 5.41) is 11.7. The summed E-state index contributed by atoms with van der Waals surface area (Å²) < 4.78 is 18.9. The van der Waals surface area contributed by atoms with Crippen LogP contribution in [0.25, 0.3) is 0 Å². The van der Waals surface area contributed by atoms with Gasteiger partial charge in [-0.2, -0.15) is 5.26 Å². The van der Waals surface area contributed by atoms with Crippen molar-refractivity contribution in [3.8, 4) is 11.8 Å². The molecule has 0 spiro atoms. The Morgan fingerprint density at radius 1 is 1.50 bits per heavy atom. The van der Waals surface area contributed by atoms with Crippen molar-refractivity contribution in [1.82, 2.24) is 5.32 Å². The summed E-state index contributed by atoms with van der Waals surface area (Å²) in [6, 6.07) is 6.74. The maximum Gasteiger partial charge on any atom is 0.124 e. The van der Waals surface area contributed by atoms with E-state index in [0.717, 1.165) is 18.4 Å². The Labute approximate surface area is 107 Å². The fraction of sp³-hybridized carbons (Fsp3) is 0.500. The molecule has 1 aliphatic rings. The number of ether oxygens (including phenoxy) is 1. The minimum absolute atomic E-state index is 0.0417. The summed E-state index contributed by atoms with van der Waals surface area (Å²) >= 11 is 0. The number of nitrogens with one attached hydrogen (secondary N) is 1. The SMILES string of the molecule is CNCc1cc(F)ccc1OCC1(CC#N)CC1. The van der Waals surface area contributed by atoms with Crippen LogP contribution in [0.2, 0.25) is 0 Å². The maximum atomic E-state index is 13.2. The number of rotatable bonds is 6. The van der Waals surface area contributed by atoms with E-state index in [1.54, 1.807) is 6.07 Å². The topological polar surface area (TPSA) is 45.0 Å². The van der Waals surface area contributed by atoms with Crippen LogP contribution in [0, 0.1) is 22.6 Å². The second-order valence-electron chi connectivity index (χ2n) is 4.91. The quantitative estimate of drug-likeness (QED) is 0.841. The third-order valence-electron chi connectivity index (χ3n) is 3.33. The molecule has 3 nitrogen and oxygen atoms in total. The molecule has 0 aromatic heterocycles. The van der Waals surface area contributed by atoms with Crippen molar-refractivity contribution in [2.24, 2.45) is 5.41 Å². The molecule has 1 fully saturated rings. The summed E-state index contributed by atoms with van der Waals surface area (Å²) in [6.45, 7) is 1.11. The molecule has 1 aromatic rings. The minimum atomic E-state index is -0.259. The van der Waals surface area contributed by atoms with Crippen LogP contribution in [-0.2, 0) is 6.54 Å². The van der Waals surface area contributed by atoms with E-state index in [4.69, 9.17) is 10.00 Å². The zero-order valence-corrected chi connectivity index (χ0v) is 10.5. The van der Waals surface area contributed by atoms with Crippen LogP contribution in [0.5, 0.6) is 5.75 Å². The smallest absolute Gasteiger partial charge is 0.124 e. The van der Waals surface area contributed by atoms with E-state index in [1.165, 1.54) is 12.1 Å². The van der Waals surface area contributed by atoms with Crippen molar-refractivity contribution in [2.75, 3.05) is 13.7 Å². The highest BCUT2D eigenvalue weighted by molar-refractivity contribution is 5.34. The van der Waals surface area contributed by atoms with Crippen molar-refractivity contribution >= 4 is 0 Å². The third-order valence-corrected chi connectivity index (χ3v) is 3.33. The van der Waals surface area contributed by atoms with Gasteiger partial charge in [0, 0.05) is 23.9 Å². The molecule has 2 rings (SSSR count). The second-order valence-corrected chi connectivity index (χ2v) is 4.91.